The van der Waals surface area contributed by atoms with Gasteiger partial charge in [0.1, 0.15) is 0 Å². The molecule has 0 unspecified atom stereocenters. The molecule has 1 radical (unpaired) electrons. The molecule has 0 aromatic carbocycles. The number of hydrogen-bond donors (Lipinski definition) is 1. The summed E-state index contributed by atoms with van der Waals surface area (Å²) in [6.45, 7) is 0.788. The fourth-order valence-electron chi connectivity index (χ4n) is 0.626. The maximum atomic E-state index is 5.37. The summed E-state index contributed by atoms with van der Waals surface area (Å²) in [4.78, 5) is 4.20. The van der Waals surface area contributed by atoms with Crippen LogP contribution in [-0.4, -0.2) is 27.3 Å². The topological polar surface area (TPSA) is 38.9 Å². The normalized spacial score (nSPS) is 10.9. The van der Waals surface area contributed by atoms with Crippen LogP contribution in [0.2, 0.25) is 5.21 Å². The van der Waals surface area contributed by atoms with E-state index in [1.807, 2.05) is 18.3 Å². The summed E-state index contributed by atoms with van der Waals surface area (Å²) >= 11 is 0.225. The summed E-state index contributed by atoms with van der Waals surface area (Å²) in [5.74, 6) is 0. The van der Waals surface area contributed by atoms with Crippen molar-refractivity contribution in [2.45, 2.75) is 5.21 Å². The van der Waals surface area contributed by atoms with Crippen molar-refractivity contribution < 1.29 is 0 Å². The zero-order chi connectivity index (χ0) is 7.23. The Hall–Kier alpha value is -0.332. The van der Waals surface area contributed by atoms with Crippen molar-refractivity contribution in [2.75, 3.05) is 6.54 Å². The fourth-order valence-corrected chi connectivity index (χ4v) is 2.09. The summed E-state index contributed by atoms with van der Waals surface area (Å²) in [6, 6.07) is 6.03. The molecular weight excluding hydrogens is 187 g/mol. The Morgan fingerprint density at radius 2 is 2.40 bits per heavy atom. The Morgan fingerprint density at radius 1 is 1.50 bits per heavy atom. The average molecular weight is 197 g/mol. The monoisotopic (exact) mass is 197 g/mol. The van der Waals surface area contributed by atoms with Gasteiger partial charge in [-0.1, -0.05) is 0 Å². The second kappa shape index (κ2) is 4.48. The van der Waals surface area contributed by atoms with Gasteiger partial charge in [-0.3, -0.25) is 0 Å². The second-order valence-electron chi connectivity index (χ2n) is 1.86. The number of aromatic nitrogens is 1. The van der Waals surface area contributed by atoms with Gasteiger partial charge in [-0.05, 0) is 0 Å². The zero-order valence-corrected chi connectivity index (χ0v) is 7.57. The molecule has 0 aliphatic rings. The number of rotatable bonds is 3. The molecule has 0 bridgehead atoms. The average Bonchev–Trinajstić information content (AvgIpc) is 2.03. The van der Waals surface area contributed by atoms with E-state index >= 15 is 0 Å². The molecule has 3 heteroatoms. The SMILES string of the molecule is NCC[As]c1ccccn1. The first-order chi connectivity index (χ1) is 4.93. The van der Waals surface area contributed by atoms with E-state index in [1.165, 1.54) is 4.48 Å². The van der Waals surface area contributed by atoms with Crippen LogP contribution < -0.4 is 10.2 Å². The van der Waals surface area contributed by atoms with Crippen LogP contribution in [0.1, 0.15) is 0 Å². The molecule has 2 nitrogen and oxygen atoms in total. The molecule has 1 heterocycles. The molecule has 0 aliphatic carbocycles. The van der Waals surface area contributed by atoms with Gasteiger partial charge < -0.3 is 0 Å². The van der Waals surface area contributed by atoms with E-state index in [-0.39, 0.29) is 15.8 Å². The summed E-state index contributed by atoms with van der Waals surface area (Å²) in [6.07, 6.45) is 1.83. The summed E-state index contributed by atoms with van der Waals surface area (Å²) in [5, 5.41) is 1.12. The predicted octanol–water partition coefficient (Wildman–Crippen LogP) is -0.212. The molecule has 1 rings (SSSR count). The van der Waals surface area contributed by atoms with Crippen LogP contribution in [-0.2, 0) is 0 Å². The number of nitrogens with two attached hydrogens (primary N) is 1. The minimum atomic E-state index is 0.225. The summed E-state index contributed by atoms with van der Waals surface area (Å²) in [5.41, 5.74) is 5.37. The predicted molar refractivity (Wildman–Crippen MR) is 43.5 cm³/mol. The van der Waals surface area contributed by atoms with Crippen molar-refractivity contribution in [3.05, 3.63) is 24.4 Å². The van der Waals surface area contributed by atoms with Gasteiger partial charge in [0, 0.05) is 0 Å². The first kappa shape index (κ1) is 7.77. The van der Waals surface area contributed by atoms with Gasteiger partial charge in [0.2, 0.25) is 0 Å². The summed E-state index contributed by atoms with van der Waals surface area (Å²) in [7, 11) is 0. The second-order valence-corrected chi connectivity index (χ2v) is 4.42. The standard InChI is InChI=1S/C7H10AsN2/c9-5-4-8-7-3-1-2-6-10-7/h1-3,6H,4-5,9H2. The third-order valence-corrected chi connectivity index (χ3v) is 3.30. The molecule has 2 N–H and O–H groups in total. The van der Waals surface area contributed by atoms with E-state index in [0.717, 1.165) is 11.8 Å². The molecule has 53 valence electrons. The van der Waals surface area contributed by atoms with Gasteiger partial charge in [0.25, 0.3) is 0 Å². The molecule has 10 heavy (non-hydrogen) atoms. The van der Waals surface area contributed by atoms with E-state index in [4.69, 9.17) is 5.73 Å². The van der Waals surface area contributed by atoms with E-state index in [2.05, 4.69) is 11.1 Å². The van der Waals surface area contributed by atoms with Crippen molar-refractivity contribution >= 4 is 20.2 Å². The quantitative estimate of drug-likeness (QED) is 0.681. The molecule has 0 aliphatic heterocycles. The third-order valence-electron chi connectivity index (χ3n) is 1.05. The number of nitrogens with zero attached hydrogens (tertiary/aromatic N) is 1. The van der Waals surface area contributed by atoms with E-state index in [0.29, 0.717) is 0 Å². The Kier molecular flexibility index (Phi) is 3.48. The molecule has 1 aromatic rings. The molecule has 0 saturated carbocycles. The van der Waals surface area contributed by atoms with E-state index in [1.54, 1.807) is 0 Å². The third kappa shape index (κ3) is 2.50. The van der Waals surface area contributed by atoms with Crippen LogP contribution >= 0.6 is 0 Å². The maximum absolute atomic E-state index is 5.37. The Bertz CT molecular complexity index is 176. The van der Waals surface area contributed by atoms with Crippen LogP contribution in [0.5, 0.6) is 0 Å². The van der Waals surface area contributed by atoms with Gasteiger partial charge in [0.15, 0.2) is 0 Å². The summed E-state index contributed by atoms with van der Waals surface area (Å²) < 4.78 is 1.23. The first-order valence-corrected chi connectivity index (χ1v) is 5.48. The van der Waals surface area contributed by atoms with Crippen LogP contribution in [0.15, 0.2) is 24.4 Å². The molecule has 0 amide bonds. The Balaban J connectivity index is 2.43. The molecule has 0 saturated heterocycles. The van der Waals surface area contributed by atoms with Crippen molar-refractivity contribution in [2.24, 2.45) is 5.73 Å². The molecular formula is C7H10AsN2. The van der Waals surface area contributed by atoms with Crippen LogP contribution in [0.3, 0.4) is 0 Å². The Labute approximate surface area is 67.5 Å². The van der Waals surface area contributed by atoms with Crippen LogP contribution in [0.25, 0.3) is 0 Å². The van der Waals surface area contributed by atoms with Crippen molar-refractivity contribution in [3.63, 3.8) is 0 Å². The first-order valence-electron chi connectivity index (χ1n) is 3.22. The van der Waals surface area contributed by atoms with Gasteiger partial charge >= 0.3 is 67.1 Å². The van der Waals surface area contributed by atoms with Gasteiger partial charge in [-0.15, -0.1) is 0 Å². The van der Waals surface area contributed by atoms with E-state index < -0.39 is 0 Å². The van der Waals surface area contributed by atoms with Crippen molar-refractivity contribution in [1.82, 2.24) is 4.98 Å². The Morgan fingerprint density at radius 3 is 3.00 bits per heavy atom. The van der Waals surface area contributed by atoms with Crippen molar-refractivity contribution in [1.29, 1.82) is 0 Å². The van der Waals surface area contributed by atoms with Crippen molar-refractivity contribution in [3.8, 4) is 0 Å². The fraction of sp³-hybridized carbons (Fsp3) is 0.286. The molecule has 0 atom stereocenters. The number of hydrogen-bond acceptors (Lipinski definition) is 2. The van der Waals surface area contributed by atoms with Gasteiger partial charge in [-0.2, -0.15) is 0 Å². The van der Waals surface area contributed by atoms with Crippen LogP contribution in [0.4, 0.5) is 0 Å². The van der Waals surface area contributed by atoms with E-state index in [9.17, 15) is 0 Å². The zero-order valence-electron chi connectivity index (χ0n) is 5.70. The molecule has 0 spiro atoms. The van der Waals surface area contributed by atoms with Crippen LogP contribution in [0, 0.1) is 0 Å². The number of pyridine rings is 1. The van der Waals surface area contributed by atoms with Gasteiger partial charge in [0.05, 0.1) is 0 Å². The minimum absolute atomic E-state index is 0.225. The molecule has 0 fully saturated rings. The van der Waals surface area contributed by atoms with Gasteiger partial charge in [-0.25, -0.2) is 0 Å². The molecule has 1 aromatic heterocycles.